The molecule has 1 aliphatic rings. The first-order valence-electron chi connectivity index (χ1n) is 6.66. The van der Waals surface area contributed by atoms with Gasteiger partial charge in [-0.1, -0.05) is 0 Å². The molecular formula is C13H20ClN3O. The van der Waals surface area contributed by atoms with Crippen LogP contribution in [0.3, 0.4) is 0 Å². The molecule has 5 heteroatoms. The van der Waals surface area contributed by atoms with Crippen molar-refractivity contribution < 1.29 is 0 Å². The first kappa shape index (κ1) is 13.4. The summed E-state index contributed by atoms with van der Waals surface area (Å²) in [6.45, 7) is 3.57. The standard InChI is InChI=1S/C13H20ClN3O/c1-2-16-10-8-15-12(13(16)18)17-9-4-3-5-11(17)6-7-14/h8,10-11H,2-7,9H2,1H3. The number of alkyl halides is 1. The quantitative estimate of drug-likeness (QED) is 0.787. The lowest BCUT2D eigenvalue weighted by Gasteiger charge is -2.36. The lowest BCUT2D eigenvalue weighted by atomic mass is 10.00. The van der Waals surface area contributed by atoms with Gasteiger partial charge >= 0.3 is 0 Å². The number of aromatic nitrogens is 2. The van der Waals surface area contributed by atoms with Crippen molar-refractivity contribution >= 4 is 17.4 Å². The molecule has 0 amide bonds. The van der Waals surface area contributed by atoms with Crippen molar-refractivity contribution in [1.82, 2.24) is 9.55 Å². The Hall–Kier alpha value is -1.03. The topological polar surface area (TPSA) is 38.1 Å². The second-order valence-electron chi connectivity index (χ2n) is 4.66. The number of anilines is 1. The van der Waals surface area contributed by atoms with E-state index in [-0.39, 0.29) is 5.56 Å². The number of hydrogen-bond acceptors (Lipinski definition) is 3. The summed E-state index contributed by atoms with van der Waals surface area (Å²) in [5, 5.41) is 0. The van der Waals surface area contributed by atoms with E-state index in [4.69, 9.17) is 11.6 Å². The van der Waals surface area contributed by atoms with Gasteiger partial charge in [-0.25, -0.2) is 4.98 Å². The lowest BCUT2D eigenvalue weighted by Crippen LogP contribution is -2.44. The summed E-state index contributed by atoms with van der Waals surface area (Å²) >= 11 is 5.86. The number of hydrogen-bond donors (Lipinski definition) is 0. The molecule has 0 saturated carbocycles. The van der Waals surface area contributed by atoms with Gasteiger partial charge in [-0.15, -0.1) is 11.6 Å². The maximum Gasteiger partial charge on any atom is 0.293 e. The molecule has 18 heavy (non-hydrogen) atoms. The van der Waals surface area contributed by atoms with Crippen molar-refractivity contribution in [2.45, 2.75) is 45.2 Å². The van der Waals surface area contributed by atoms with E-state index in [1.54, 1.807) is 17.0 Å². The predicted molar refractivity (Wildman–Crippen MR) is 74.5 cm³/mol. The highest BCUT2D eigenvalue weighted by molar-refractivity contribution is 6.17. The van der Waals surface area contributed by atoms with Gasteiger partial charge in [0.15, 0.2) is 5.82 Å². The average molecular weight is 270 g/mol. The van der Waals surface area contributed by atoms with Crippen LogP contribution in [0, 0.1) is 0 Å². The fourth-order valence-electron chi connectivity index (χ4n) is 2.59. The zero-order valence-corrected chi connectivity index (χ0v) is 11.6. The second-order valence-corrected chi connectivity index (χ2v) is 5.04. The predicted octanol–water partition coefficient (Wildman–Crippen LogP) is 2.25. The molecule has 1 saturated heterocycles. The highest BCUT2D eigenvalue weighted by Crippen LogP contribution is 2.23. The maximum atomic E-state index is 12.3. The molecule has 0 radical (unpaired) electrons. The molecule has 1 aromatic rings. The maximum absolute atomic E-state index is 12.3. The van der Waals surface area contributed by atoms with Crippen molar-refractivity contribution in [3.8, 4) is 0 Å². The minimum absolute atomic E-state index is 0.0153. The van der Waals surface area contributed by atoms with Crippen LogP contribution >= 0.6 is 11.6 Å². The Labute approximate surface area is 113 Å². The van der Waals surface area contributed by atoms with Crippen molar-refractivity contribution in [1.29, 1.82) is 0 Å². The van der Waals surface area contributed by atoms with Crippen LogP contribution in [0.15, 0.2) is 17.2 Å². The second kappa shape index (κ2) is 6.23. The van der Waals surface area contributed by atoms with Crippen LogP contribution in [0.25, 0.3) is 0 Å². The van der Waals surface area contributed by atoms with E-state index in [0.29, 0.717) is 24.3 Å². The van der Waals surface area contributed by atoms with Crippen LogP contribution in [0.2, 0.25) is 0 Å². The summed E-state index contributed by atoms with van der Waals surface area (Å²) in [5.74, 6) is 1.23. The fourth-order valence-corrected chi connectivity index (χ4v) is 2.84. The van der Waals surface area contributed by atoms with Gasteiger partial charge in [0.1, 0.15) is 0 Å². The van der Waals surface area contributed by atoms with Crippen molar-refractivity contribution in [3.05, 3.63) is 22.7 Å². The number of halogens is 1. The Kier molecular flexibility index (Phi) is 4.64. The molecule has 1 unspecified atom stereocenters. The number of nitrogens with zero attached hydrogens (tertiary/aromatic N) is 3. The van der Waals surface area contributed by atoms with E-state index in [1.165, 1.54) is 6.42 Å². The number of aryl methyl sites for hydroxylation is 1. The molecule has 1 atom stereocenters. The molecule has 0 bridgehead atoms. The fraction of sp³-hybridized carbons (Fsp3) is 0.692. The molecule has 0 N–H and O–H groups in total. The SMILES string of the molecule is CCn1ccnc(N2CCCCC2CCCl)c1=O. The average Bonchev–Trinajstić information content (AvgIpc) is 2.40. The number of piperidine rings is 1. The van der Waals surface area contributed by atoms with E-state index >= 15 is 0 Å². The normalized spacial score (nSPS) is 20.1. The Morgan fingerprint density at radius 3 is 3.06 bits per heavy atom. The van der Waals surface area contributed by atoms with Crippen molar-refractivity contribution in [2.24, 2.45) is 0 Å². The van der Waals surface area contributed by atoms with Gasteiger partial charge in [0, 0.05) is 37.4 Å². The van der Waals surface area contributed by atoms with Gasteiger partial charge in [-0.2, -0.15) is 0 Å². The zero-order chi connectivity index (χ0) is 13.0. The smallest absolute Gasteiger partial charge is 0.293 e. The summed E-state index contributed by atoms with van der Waals surface area (Å²) in [5.41, 5.74) is 0.0153. The van der Waals surface area contributed by atoms with Gasteiger partial charge in [0.05, 0.1) is 0 Å². The third-order valence-corrected chi connectivity index (χ3v) is 3.80. The summed E-state index contributed by atoms with van der Waals surface area (Å²) < 4.78 is 1.70. The highest BCUT2D eigenvalue weighted by Gasteiger charge is 2.25. The zero-order valence-electron chi connectivity index (χ0n) is 10.8. The summed E-state index contributed by atoms with van der Waals surface area (Å²) in [7, 11) is 0. The Balaban J connectivity index is 2.30. The van der Waals surface area contributed by atoms with Gasteiger partial charge in [-0.05, 0) is 32.6 Å². The molecule has 100 valence electrons. The van der Waals surface area contributed by atoms with Crippen LogP contribution < -0.4 is 10.5 Å². The van der Waals surface area contributed by atoms with E-state index in [0.717, 1.165) is 25.8 Å². The molecule has 1 aliphatic heterocycles. The summed E-state index contributed by atoms with van der Waals surface area (Å²) in [6, 6.07) is 0.365. The minimum atomic E-state index is 0.0153. The first-order chi connectivity index (χ1) is 8.77. The van der Waals surface area contributed by atoms with Crippen LogP contribution in [0.4, 0.5) is 5.82 Å². The third kappa shape index (κ3) is 2.69. The summed E-state index contributed by atoms with van der Waals surface area (Å²) in [6.07, 6.45) is 7.82. The molecular weight excluding hydrogens is 250 g/mol. The first-order valence-corrected chi connectivity index (χ1v) is 7.19. The largest absolute Gasteiger partial charge is 0.349 e. The third-order valence-electron chi connectivity index (χ3n) is 3.58. The lowest BCUT2D eigenvalue weighted by molar-refractivity contribution is 0.445. The Morgan fingerprint density at radius 2 is 2.33 bits per heavy atom. The minimum Gasteiger partial charge on any atom is -0.349 e. The van der Waals surface area contributed by atoms with E-state index in [2.05, 4.69) is 9.88 Å². The molecule has 0 aliphatic carbocycles. The van der Waals surface area contributed by atoms with Gasteiger partial charge in [0.25, 0.3) is 5.56 Å². The molecule has 1 aromatic heterocycles. The van der Waals surface area contributed by atoms with Crippen LogP contribution in [0.5, 0.6) is 0 Å². The van der Waals surface area contributed by atoms with E-state index in [9.17, 15) is 4.79 Å². The van der Waals surface area contributed by atoms with Gasteiger partial charge in [-0.3, -0.25) is 4.79 Å². The molecule has 2 heterocycles. The van der Waals surface area contributed by atoms with Gasteiger partial charge < -0.3 is 9.47 Å². The molecule has 0 spiro atoms. The molecule has 4 nitrogen and oxygen atoms in total. The van der Waals surface area contributed by atoms with Crippen molar-refractivity contribution in [3.63, 3.8) is 0 Å². The van der Waals surface area contributed by atoms with Gasteiger partial charge in [0.2, 0.25) is 0 Å². The van der Waals surface area contributed by atoms with E-state index < -0.39 is 0 Å². The van der Waals surface area contributed by atoms with E-state index in [1.807, 2.05) is 6.92 Å². The van der Waals surface area contributed by atoms with Crippen LogP contribution in [-0.2, 0) is 6.54 Å². The molecule has 0 aromatic carbocycles. The van der Waals surface area contributed by atoms with Crippen molar-refractivity contribution in [2.75, 3.05) is 17.3 Å². The summed E-state index contributed by atoms with van der Waals surface area (Å²) in [4.78, 5) is 18.7. The number of rotatable bonds is 4. The molecule has 2 rings (SSSR count). The molecule has 1 fully saturated rings. The van der Waals surface area contributed by atoms with Crippen LogP contribution in [0.1, 0.15) is 32.6 Å². The Bertz CT molecular complexity index is 444. The monoisotopic (exact) mass is 269 g/mol. The highest BCUT2D eigenvalue weighted by atomic mass is 35.5. The van der Waals surface area contributed by atoms with Crippen LogP contribution in [-0.4, -0.2) is 28.0 Å². The Morgan fingerprint density at radius 1 is 1.50 bits per heavy atom.